The molecular formula is C17H22N4O2S2. The van der Waals surface area contributed by atoms with Gasteiger partial charge in [-0.2, -0.15) is 4.98 Å². The van der Waals surface area contributed by atoms with E-state index in [-0.39, 0.29) is 12.0 Å². The number of thiophene rings is 1. The summed E-state index contributed by atoms with van der Waals surface area (Å²) in [4.78, 5) is 18.1. The van der Waals surface area contributed by atoms with Crippen LogP contribution in [0.2, 0.25) is 0 Å². The van der Waals surface area contributed by atoms with Crippen LogP contribution in [0.5, 0.6) is 0 Å². The van der Waals surface area contributed by atoms with Gasteiger partial charge in [0.15, 0.2) is 0 Å². The third-order valence-electron chi connectivity index (χ3n) is 4.12. The van der Waals surface area contributed by atoms with Gasteiger partial charge in [-0.05, 0) is 37.3 Å². The van der Waals surface area contributed by atoms with E-state index in [9.17, 15) is 4.79 Å². The summed E-state index contributed by atoms with van der Waals surface area (Å²) in [6.45, 7) is 6.09. The van der Waals surface area contributed by atoms with Gasteiger partial charge in [0.05, 0.1) is 12.7 Å². The lowest BCUT2D eigenvalue weighted by molar-refractivity contribution is -0.136. The molecule has 25 heavy (non-hydrogen) atoms. The summed E-state index contributed by atoms with van der Waals surface area (Å²) in [5.41, 5.74) is 2.47. The Kier molecular flexibility index (Phi) is 5.48. The molecule has 0 fully saturated rings. The fourth-order valence-electron chi connectivity index (χ4n) is 2.78. The van der Waals surface area contributed by atoms with E-state index in [1.165, 1.54) is 7.11 Å². The molecule has 0 spiro atoms. The normalized spacial score (nSPS) is 16.6. The van der Waals surface area contributed by atoms with E-state index in [4.69, 9.17) is 4.74 Å². The van der Waals surface area contributed by atoms with E-state index in [2.05, 4.69) is 28.4 Å². The Bertz CT molecular complexity index is 809. The zero-order chi connectivity index (χ0) is 18.0. The lowest BCUT2D eigenvalue weighted by Crippen LogP contribution is -2.29. The van der Waals surface area contributed by atoms with E-state index < -0.39 is 0 Å². The van der Waals surface area contributed by atoms with Crippen LogP contribution >= 0.6 is 23.1 Å². The first kappa shape index (κ1) is 18.0. The first-order valence-electron chi connectivity index (χ1n) is 8.26. The van der Waals surface area contributed by atoms with Crippen molar-refractivity contribution >= 4 is 35.0 Å². The minimum Gasteiger partial charge on any atom is -0.466 e. The summed E-state index contributed by atoms with van der Waals surface area (Å²) in [6.07, 6.45) is 2.27. The highest BCUT2D eigenvalue weighted by Crippen LogP contribution is 2.39. The number of fused-ring (bicyclic) bond motifs is 1. The van der Waals surface area contributed by atoms with Gasteiger partial charge in [0.25, 0.3) is 0 Å². The fourth-order valence-corrected chi connectivity index (χ4v) is 4.71. The number of unbranched alkanes of at least 4 members (excludes halogenated alkanes) is 1. The van der Waals surface area contributed by atoms with Gasteiger partial charge in [-0.15, -0.1) is 16.4 Å². The van der Waals surface area contributed by atoms with Crippen molar-refractivity contribution in [1.82, 2.24) is 14.8 Å². The number of allylic oxidation sites excluding steroid dienone is 1. The molecular weight excluding hydrogens is 356 g/mol. The molecule has 0 amide bonds. The second-order valence-corrected chi connectivity index (χ2v) is 7.90. The van der Waals surface area contributed by atoms with E-state index in [1.54, 1.807) is 23.1 Å². The summed E-state index contributed by atoms with van der Waals surface area (Å²) in [6, 6.07) is 1.75. The molecule has 3 rings (SSSR count). The lowest BCUT2D eigenvalue weighted by Gasteiger charge is -2.27. The molecule has 0 radical (unpaired) electrons. The number of rotatable bonds is 6. The minimum absolute atomic E-state index is 0.309. The van der Waals surface area contributed by atoms with E-state index in [1.807, 2.05) is 23.9 Å². The first-order valence-corrected chi connectivity index (χ1v) is 10.1. The molecule has 8 heteroatoms. The van der Waals surface area contributed by atoms with E-state index in [0.29, 0.717) is 11.5 Å². The number of aromatic nitrogens is 3. The third kappa shape index (κ3) is 3.46. The molecule has 1 N–H and O–H groups in total. The molecule has 1 aliphatic rings. The Morgan fingerprint density at radius 2 is 2.28 bits per heavy atom. The van der Waals surface area contributed by atoms with Crippen LogP contribution in [0.1, 0.15) is 43.2 Å². The maximum absolute atomic E-state index is 12.4. The van der Waals surface area contributed by atoms with Crippen LogP contribution in [0, 0.1) is 6.92 Å². The standard InChI is InChI=1S/C17H22N4O2S2/c1-5-6-8-25-17-19-16-18-11(3)12(15(22)23-4)13(21(16)20-17)14-10(2)7-9-24-14/h7,9,13H,5-6,8H2,1-4H3,(H,18,19,20). The number of thioether (sulfide) groups is 1. The predicted octanol–water partition coefficient (Wildman–Crippen LogP) is 4.00. The van der Waals surface area contributed by atoms with Gasteiger partial charge in [-0.3, -0.25) is 0 Å². The van der Waals surface area contributed by atoms with Crippen molar-refractivity contribution in [2.24, 2.45) is 0 Å². The zero-order valence-electron chi connectivity index (χ0n) is 14.8. The average Bonchev–Trinajstić information content (AvgIpc) is 3.19. The van der Waals surface area contributed by atoms with Gasteiger partial charge < -0.3 is 10.1 Å². The smallest absolute Gasteiger partial charge is 0.338 e. The number of nitrogens with zero attached hydrogens (tertiary/aromatic N) is 3. The maximum atomic E-state index is 12.4. The summed E-state index contributed by atoms with van der Waals surface area (Å²) in [5.74, 6) is 1.31. The number of nitrogens with one attached hydrogen (secondary N) is 1. The summed E-state index contributed by atoms with van der Waals surface area (Å²) < 4.78 is 6.84. The van der Waals surface area contributed by atoms with Crippen LogP contribution in [0.3, 0.4) is 0 Å². The molecule has 1 aliphatic heterocycles. The van der Waals surface area contributed by atoms with Crippen molar-refractivity contribution in [1.29, 1.82) is 0 Å². The van der Waals surface area contributed by atoms with Gasteiger partial charge in [0.1, 0.15) is 6.04 Å². The monoisotopic (exact) mass is 378 g/mol. The van der Waals surface area contributed by atoms with Gasteiger partial charge in [0, 0.05) is 16.3 Å². The third-order valence-corrected chi connectivity index (χ3v) is 6.11. The summed E-state index contributed by atoms with van der Waals surface area (Å²) in [5, 5.41) is 10.6. The first-order chi connectivity index (χ1) is 12.1. The van der Waals surface area contributed by atoms with Gasteiger partial charge in [-0.25, -0.2) is 9.48 Å². The molecule has 2 aromatic rings. The van der Waals surface area contributed by atoms with Gasteiger partial charge in [0.2, 0.25) is 11.1 Å². The van der Waals surface area contributed by atoms with Crippen LogP contribution in [-0.4, -0.2) is 33.6 Å². The summed E-state index contributed by atoms with van der Waals surface area (Å²) >= 11 is 3.26. The van der Waals surface area contributed by atoms with E-state index >= 15 is 0 Å². The van der Waals surface area contributed by atoms with Crippen LogP contribution in [0.4, 0.5) is 5.95 Å². The number of carbonyl (C=O) groups is 1. The highest BCUT2D eigenvalue weighted by molar-refractivity contribution is 7.99. The van der Waals surface area contributed by atoms with Crippen molar-refractivity contribution in [3.8, 4) is 0 Å². The number of methoxy groups -OCH3 is 1. The van der Waals surface area contributed by atoms with Crippen LogP contribution < -0.4 is 5.32 Å². The minimum atomic E-state index is -0.343. The Balaban J connectivity index is 2.04. The highest BCUT2D eigenvalue weighted by Gasteiger charge is 2.36. The molecule has 2 aromatic heterocycles. The van der Waals surface area contributed by atoms with Crippen molar-refractivity contribution in [2.75, 3.05) is 18.2 Å². The number of esters is 1. The van der Waals surface area contributed by atoms with Crippen molar-refractivity contribution in [2.45, 2.75) is 44.8 Å². The maximum Gasteiger partial charge on any atom is 0.338 e. The number of ether oxygens (including phenoxy) is 1. The fraction of sp³-hybridized carbons (Fsp3) is 0.471. The molecule has 6 nitrogen and oxygen atoms in total. The molecule has 0 saturated carbocycles. The number of anilines is 1. The highest BCUT2D eigenvalue weighted by atomic mass is 32.2. The Morgan fingerprint density at radius 1 is 1.48 bits per heavy atom. The molecule has 3 heterocycles. The number of carbonyl (C=O) groups excluding carboxylic acids is 1. The van der Waals surface area contributed by atoms with Crippen molar-refractivity contribution < 1.29 is 9.53 Å². The van der Waals surface area contributed by atoms with Gasteiger partial charge >= 0.3 is 5.97 Å². The van der Waals surface area contributed by atoms with Gasteiger partial charge in [-0.1, -0.05) is 25.1 Å². The van der Waals surface area contributed by atoms with E-state index in [0.717, 1.165) is 39.9 Å². The molecule has 0 aromatic carbocycles. The Hall–Kier alpha value is -1.80. The quantitative estimate of drug-likeness (QED) is 0.465. The predicted molar refractivity (Wildman–Crippen MR) is 101 cm³/mol. The van der Waals surface area contributed by atoms with Crippen molar-refractivity contribution in [3.05, 3.63) is 33.2 Å². The molecule has 1 unspecified atom stereocenters. The second kappa shape index (κ2) is 7.61. The van der Waals surface area contributed by atoms with Crippen molar-refractivity contribution in [3.63, 3.8) is 0 Å². The molecule has 0 saturated heterocycles. The number of hydrogen-bond acceptors (Lipinski definition) is 7. The lowest BCUT2D eigenvalue weighted by atomic mass is 10.00. The van der Waals surface area contributed by atoms with Crippen LogP contribution in [0.25, 0.3) is 0 Å². The summed E-state index contributed by atoms with van der Waals surface area (Å²) in [7, 11) is 1.41. The number of hydrogen-bond donors (Lipinski definition) is 1. The topological polar surface area (TPSA) is 69.0 Å². The van der Waals surface area contributed by atoms with Crippen LogP contribution in [-0.2, 0) is 9.53 Å². The molecule has 1 atom stereocenters. The van der Waals surface area contributed by atoms with Crippen LogP contribution in [0.15, 0.2) is 27.9 Å². The average molecular weight is 379 g/mol. The molecule has 134 valence electrons. The largest absolute Gasteiger partial charge is 0.466 e. The second-order valence-electron chi connectivity index (χ2n) is 5.89. The zero-order valence-corrected chi connectivity index (χ0v) is 16.5. The Morgan fingerprint density at radius 3 is 2.92 bits per heavy atom. The number of aryl methyl sites for hydroxylation is 1. The molecule has 0 aliphatic carbocycles. The molecule has 0 bridgehead atoms. The Labute approximate surface area is 155 Å². The SMILES string of the molecule is CCCCSc1nc2n(n1)C(c1sccc1C)C(C(=O)OC)=C(C)N2.